The van der Waals surface area contributed by atoms with Crippen molar-refractivity contribution < 1.29 is 4.42 Å². The van der Waals surface area contributed by atoms with E-state index in [1.807, 2.05) is 6.07 Å². The Morgan fingerprint density at radius 2 is 1.91 bits per heavy atom. The van der Waals surface area contributed by atoms with E-state index in [-0.39, 0.29) is 11.9 Å². The first-order valence-corrected chi connectivity index (χ1v) is 6.99. The molecule has 3 rings (SSSR count). The molecule has 0 aliphatic carbocycles. The summed E-state index contributed by atoms with van der Waals surface area (Å²) in [7, 11) is 0. The van der Waals surface area contributed by atoms with Crippen molar-refractivity contribution in [2.24, 2.45) is 27.2 Å². The standard InChI is InChI=1S/C15H13ClN6O/c16-9-4-5-11-12(7-9)23-13(21-11)8-2-1-3-10(6-8)20-15(19)22-14(17)18/h1-7H,(H6,17,18,19,20,22). The Kier molecular flexibility index (Phi) is 3.86. The van der Waals surface area contributed by atoms with Gasteiger partial charge in [0.2, 0.25) is 11.9 Å². The molecule has 0 aliphatic rings. The van der Waals surface area contributed by atoms with Gasteiger partial charge in [0, 0.05) is 16.7 Å². The molecule has 0 saturated heterocycles. The number of nitrogens with two attached hydrogens (primary N) is 3. The van der Waals surface area contributed by atoms with Crippen molar-refractivity contribution in [3.8, 4) is 11.5 Å². The molecule has 0 fully saturated rings. The van der Waals surface area contributed by atoms with Gasteiger partial charge in [-0.2, -0.15) is 4.99 Å². The fourth-order valence-electron chi connectivity index (χ4n) is 2.02. The smallest absolute Gasteiger partial charge is 0.227 e. The lowest BCUT2D eigenvalue weighted by Crippen LogP contribution is -2.26. The van der Waals surface area contributed by atoms with E-state index in [9.17, 15) is 0 Å². The molecule has 2 aromatic carbocycles. The zero-order chi connectivity index (χ0) is 16.4. The number of aliphatic imine (C=N–C) groups is 2. The number of halogens is 1. The summed E-state index contributed by atoms with van der Waals surface area (Å²) in [6.07, 6.45) is 0. The molecule has 6 N–H and O–H groups in total. The van der Waals surface area contributed by atoms with Crippen LogP contribution in [-0.2, 0) is 0 Å². The highest BCUT2D eigenvalue weighted by Gasteiger charge is 2.09. The molecule has 3 aromatic rings. The largest absolute Gasteiger partial charge is 0.436 e. The Morgan fingerprint density at radius 3 is 2.70 bits per heavy atom. The minimum absolute atomic E-state index is 0.0357. The highest BCUT2D eigenvalue weighted by atomic mass is 35.5. The molecule has 1 aromatic heterocycles. The Morgan fingerprint density at radius 1 is 1.09 bits per heavy atom. The summed E-state index contributed by atoms with van der Waals surface area (Å²) in [6, 6.07) is 12.4. The summed E-state index contributed by atoms with van der Waals surface area (Å²) < 4.78 is 5.72. The van der Waals surface area contributed by atoms with Crippen molar-refractivity contribution in [1.29, 1.82) is 0 Å². The van der Waals surface area contributed by atoms with Crippen LogP contribution in [0, 0.1) is 0 Å². The van der Waals surface area contributed by atoms with Gasteiger partial charge in [-0.1, -0.05) is 17.7 Å². The maximum atomic E-state index is 5.95. The summed E-state index contributed by atoms with van der Waals surface area (Å²) in [4.78, 5) is 12.2. The van der Waals surface area contributed by atoms with Gasteiger partial charge in [0.25, 0.3) is 0 Å². The summed E-state index contributed by atoms with van der Waals surface area (Å²) in [5, 5.41) is 0.587. The van der Waals surface area contributed by atoms with E-state index in [0.29, 0.717) is 22.2 Å². The molecular formula is C15H13ClN6O. The summed E-state index contributed by atoms with van der Waals surface area (Å²) >= 11 is 5.95. The van der Waals surface area contributed by atoms with E-state index in [0.717, 1.165) is 11.1 Å². The fourth-order valence-corrected chi connectivity index (χ4v) is 2.18. The Bertz CT molecular complexity index is 927. The highest BCUT2D eigenvalue weighted by molar-refractivity contribution is 6.31. The van der Waals surface area contributed by atoms with Gasteiger partial charge in [-0.05, 0) is 30.3 Å². The van der Waals surface area contributed by atoms with Gasteiger partial charge >= 0.3 is 0 Å². The zero-order valence-electron chi connectivity index (χ0n) is 11.9. The quantitative estimate of drug-likeness (QED) is 0.491. The second-order valence-corrected chi connectivity index (χ2v) is 5.12. The topological polar surface area (TPSA) is 129 Å². The van der Waals surface area contributed by atoms with E-state index < -0.39 is 0 Å². The molecule has 116 valence electrons. The molecule has 7 nitrogen and oxygen atoms in total. The van der Waals surface area contributed by atoms with Crippen LogP contribution in [-0.4, -0.2) is 16.9 Å². The molecule has 0 radical (unpaired) electrons. The lowest BCUT2D eigenvalue weighted by Gasteiger charge is -1.99. The Hall–Kier alpha value is -3.06. The monoisotopic (exact) mass is 328 g/mol. The number of benzene rings is 2. The molecule has 1 heterocycles. The van der Waals surface area contributed by atoms with Crippen molar-refractivity contribution in [3.63, 3.8) is 0 Å². The number of nitrogens with zero attached hydrogens (tertiary/aromatic N) is 3. The maximum Gasteiger partial charge on any atom is 0.227 e. The number of aromatic nitrogens is 1. The van der Waals surface area contributed by atoms with Crippen molar-refractivity contribution in [2.75, 3.05) is 0 Å². The van der Waals surface area contributed by atoms with E-state index in [4.69, 9.17) is 33.2 Å². The van der Waals surface area contributed by atoms with Gasteiger partial charge in [0.05, 0.1) is 5.69 Å². The fraction of sp³-hybridized carbons (Fsp3) is 0. The lowest BCUT2D eigenvalue weighted by molar-refractivity contribution is 0.620. The molecule has 0 bridgehead atoms. The van der Waals surface area contributed by atoms with E-state index in [1.54, 1.807) is 36.4 Å². The average Bonchev–Trinajstić information content (AvgIpc) is 2.89. The molecule has 8 heteroatoms. The van der Waals surface area contributed by atoms with Crippen LogP contribution in [0.15, 0.2) is 56.9 Å². The van der Waals surface area contributed by atoms with Gasteiger partial charge in [-0.3, -0.25) is 0 Å². The number of fused-ring (bicyclic) bond motifs is 1. The number of rotatable bonds is 2. The second kappa shape index (κ2) is 5.98. The van der Waals surface area contributed by atoms with Gasteiger partial charge in [-0.25, -0.2) is 9.98 Å². The van der Waals surface area contributed by atoms with E-state index in [1.165, 1.54) is 0 Å². The molecule has 0 saturated carbocycles. The molecule has 0 aliphatic heterocycles. The number of hydrogen-bond donors (Lipinski definition) is 3. The number of guanidine groups is 2. The van der Waals surface area contributed by atoms with E-state index >= 15 is 0 Å². The molecule has 23 heavy (non-hydrogen) atoms. The van der Waals surface area contributed by atoms with Gasteiger partial charge in [0.1, 0.15) is 5.52 Å². The Balaban J connectivity index is 1.99. The van der Waals surface area contributed by atoms with Crippen LogP contribution < -0.4 is 17.2 Å². The van der Waals surface area contributed by atoms with Crippen LogP contribution in [0.5, 0.6) is 0 Å². The number of hydrogen-bond acceptors (Lipinski definition) is 3. The highest BCUT2D eigenvalue weighted by Crippen LogP contribution is 2.28. The normalized spacial score (nSPS) is 11.6. The molecule has 0 atom stereocenters. The predicted octanol–water partition coefficient (Wildman–Crippen LogP) is 2.37. The molecule has 0 amide bonds. The van der Waals surface area contributed by atoms with Gasteiger partial charge in [-0.15, -0.1) is 0 Å². The Labute approximate surface area is 136 Å². The SMILES string of the molecule is NC(N)=NC(N)=Nc1cccc(-c2nc3ccc(Cl)cc3o2)c1. The first-order chi connectivity index (χ1) is 11.0. The minimum Gasteiger partial charge on any atom is -0.436 e. The number of oxazole rings is 1. The first-order valence-electron chi connectivity index (χ1n) is 6.61. The summed E-state index contributed by atoms with van der Waals surface area (Å²) in [6.45, 7) is 0. The first kappa shape index (κ1) is 14.9. The summed E-state index contributed by atoms with van der Waals surface area (Å²) in [5.74, 6) is 0.268. The van der Waals surface area contributed by atoms with Gasteiger partial charge in [0.15, 0.2) is 11.5 Å². The van der Waals surface area contributed by atoms with Crippen molar-refractivity contribution in [1.82, 2.24) is 4.98 Å². The predicted molar refractivity (Wildman–Crippen MR) is 91.5 cm³/mol. The van der Waals surface area contributed by atoms with Crippen LogP contribution in [0.1, 0.15) is 0 Å². The maximum absolute atomic E-state index is 5.95. The van der Waals surface area contributed by atoms with Gasteiger partial charge < -0.3 is 21.6 Å². The minimum atomic E-state index is -0.154. The molecule has 0 spiro atoms. The average molecular weight is 329 g/mol. The van der Waals surface area contributed by atoms with Crippen LogP contribution in [0.4, 0.5) is 5.69 Å². The summed E-state index contributed by atoms with van der Waals surface area (Å²) in [5.41, 5.74) is 18.8. The van der Waals surface area contributed by atoms with Crippen LogP contribution in [0.2, 0.25) is 5.02 Å². The third-order valence-corrected chi connectivity index (χ3v) is 3.17. The zero-order valence-corrected chi connectivity index (χ0v) is 12.7. The van der Waals surface area contributed by atoms with Crippen LogP contribution >= 0.6 is 11.6 Å². The van der Waals surface area contributed by atoms with Crippen molar-refractivity contribution >= 4 is 40.3 Å². The van der Waals surface area contributed by atoms with Crippen molar-refractivity contribution in [2.45, 2.75) is 0 Å². The molecule has 0 unspecified atom stereocenters. The van der Waals surface area contributed by atoms with Crippen LogP contribution in [0.3, 0.4) is 0 Å². The third-order valence-electron chi connectivity index (χ3n) is 2.93. The van der Waals surface area contributed by atoms with Crippen molar-refractivity contribution in [3.05, 3.63) is 47.5 Å². The van der Waals surface area contributed by atoms with E-state index in [2.05, 4.69) is 15.0 Å². The molecular weight excluding hydrogens is 316 g/mol. The third kappa shape index (κ3) is 3.41. The second-order valence-electron chi connectivity index (χ2n) is 4.69. The van der Waals surface area contributed by atoms with Crippen LogP contribution in [0.25, 0.3) is 22.6 Å². The lowest BCUT2D eigenvalue weighted by atomic mass is 10.2.